The van der Waals surface area contributed by atoms with Gasteiger partial charge in [-0.25, -0.2) is 0 Å². The third-order valence-electron chi connectivity index (χ3n) is 4.14. The Labute approximate surface area is 179 Å². The van der Waals surface area contributed by atoms with Gasteiger partial charge in [-0.2, -0.15) is 0 Å². The SMILES string of the molecule is Cc1ccccc1C(=O)Nc1ccc(NC(=S)NC(=O)c2ccccc2Cl)cc1. The number of halogens is 1. The number of nitrogens with one attached hydrogen (secondary N) is 3. The van der Waals surface area contributed by atoms with Crippen molar-refractivity contribution in [2.24, 2.45) is 0 Å². The molecule has 0 aliphatic rings. The van der Waals surface area contributed by atoms with E-state index in [4.69, 9.17) is 23.8 Å². The quantitative estimate of drug-likeness (QED) is 0.515. The van der Waals surface area contributed by atoms with Crippen LogP contribution in [0.4, 0.5) is 11.4 Å². The highest BCUT2D eigenvalue weighted by molar-refractivity contribution is 7.80. The van der Waals surface area contributed by atoms with E-state index in [1.807, 2.05) is 25.1 Å². The van der Waals surface area contributed by atoms with Gasteiger partial charge in [-0.1, -0.05) is 41.9 Å². The fraction of sp³-hybridized carbons (Fsp3) is 0.0455. The molecule has 3 aromatic carbocycles. The van der Waals surface area contributed by atoms with Crippen molar-refractivity contribution >= 4 is 52.1 Å². The molecule has 29 heavy (non-hydrogen) atoms. The number of carbonyl (C=O) groups excluding carboxylic acids is 2. The lowest BCUT2D eigenvalue weighted by molar-refractivity contribution is 0.0976. The average molecular weight is 424 g/mol. The summed E-state index contributed by atoms with van der Waals surface area (Å²) in [6, 6.07) is 21.1. The molecule has 0 saturated heterocycles. The van der Waals surface area contributed by atoms with E-state index in [9.17, 15) is 9.59 Å². The maximum atomic E-state index is 12.4. The second kappa shape index (κ2) is 9.32. The average Bonchev–Trinajstić information content (AvgIpc) is 2.70. The number of anilines is 2. The highest BCUT2D eigenvalue weighted by atomic mass is 35.5. The third-order valence-corrected chi connectivity index (χ3v) is 4.67. The molecule has 0 saturated carbocycles. The Morgan fingerprint density at radius 1 is 0.759 bits per heavy atom. The topological polar surface area (TPSA) is 70.2 Å². The standard InChI is InChI=1S/C22H18ClN3O2S/c1-14-6-2-3-7-17(14)20(27)24-15-10-12-16(13-11-15)25-22(29)26-21(28)18-8-4-5-9-19(18)23/h2-13H,1H3,(H,24,27)(H2,25,26,28,29). The summed E-state index contributed by atoms with van der Waals surface area (Å²) in [4.78, 5) is 24.6. The van der Waals surface area contributed by atoms with Gasteiger partial charge in [-0.05, 0) is 67.2 Å². The molecule has 3 aromatic rings. The lowest BCUT2D eigenvalue weighted by Gasteiger charge is -2.11. The number of thiocarbonyl (C=S) groups is 1. The van der Waals surface area contributed by atoms with Crippen molar-refractivity contribution in [1.82, 2.24) is 5.32 Å². The maximum Gasteiger partial charge on any atom is 0.258 e. The summed E-state index contributed by atoms with van der Waals surface area (Å²) in [7, 11) is 0. The van der Waals surface area contributed by atoms with Crippen LogP contribution in [0.3, 0.4) is 0 Å². The number of aryl methyl sites for hydroxylation is 1. The second-order valence-electron chi connectivity index (χ2n) is 6.23. The van der Waals surface area contributed by atoms with Crippen molar-refractivity contribution in [2.75, 3.05) is 10.6 Å². The lowest BCUT2D eigenvalue weighted by atomic mass is 10.1. The molecule has 0 aromatic heterocycles. The van der Waals surface area contributed by atoms with Crippen LogP contribution in [0.15, 0.2) is 72.8 Å². The first-order chi connectivity index (χ1) is 13.9. The van der Waals surface area contributed by atoms with E-state index in [-0.39, 0.29) is 11.0 Å². The molecule has 0 bridgehead atoms. The first kappa shape index (κ1) is 20.5. The predicted octanol–water partition coefficient (Wildman–Crippen LogP) is 5.03. The molecular formula is C22H18ClN3O2S. The van der Waals surface area contributed by atoms with Crippen molar-refractivity contribution in [3.8, 4) is 0 Å². The number of rotatable bonds is 4. The zero-order valence-corrected chi connectivity index (χ0v) is 17.1. The number of hydrogen-bond acceptors (Lipinski definition) is 3. The molecule has 146 valence electrons. The van der Waals surface area contributed by atoms with E-state index in [1.54, 1.807) is 54.6 Å². The molecule has 0 atom stereocenters. The number of carbonyl (C=O) groups is 2. The van der Waals surface area contributed by atoms with Gasteiger partial charge in [-0.15, -0.1) is 0 Å². The molecule has 0 aliphatic carbocycles. The van der Waals surface area contributed by atoms with Crippen LogP contribution in [0, 0.1) is 6.92 Å². The summed E-state index contributed by atoms with van der Waals surface area (Å²) in [5.41, 5.74) is 3.19. The minimum absolute atomic E-state index is 0.145. The number of amides is 2. The lowest BCUT2D eigenvalue weighted by Crippen LogP contribution is -2.34. The van der Waals surface area contributed by atoms with Gasteiger partial charge in [0.2, 0.25) is 0 Å². The van der Waals surface area contributed by atoms with Crippen LogP contribution in [0.25, 0.3) is 0 Å². The summed E-state index contributed by atoms with van der Waals surface area (Å²) >= 11 is 11.2. The fourth-order valence-electron chi connectivity index (χ4n) is 2.64. The molecule has 0 unspecified atom stereocenters. The minimum atomic E-state index is -0.393. The molecule has 3 N–H and O–H groups in total. The Morgan fingerprint density at radius 3 is 1.93 bits per heavy atom. The van der Waals surface area contributed by atoms with E-state index in [2.05, 4.69) is 16.0 Å². The zero-order valence-electron chi connectivity index (χ0n) is 15.5. The summed E-state index contributed by atoms with van der Waals surface area (Å²) in [6.07, 6.45) is 0. The molecule has 0 aliphatic heterocycles. The first-order valence-corrected chi connectivity index (χ1v) is 9.56. The molecule has 0 spiro atoms. The Kier molecular flexibility index (Phi) is 6.59. The monoisotopic (exact) mass is 423 g/mol. The molecule has 0 radical (unpaired) electrons. The highest BCUT2D eigenvalue weighted by Gasteiger charge is 2.12. The number of benzene rings is 3. The van der Waals surface area contributed by atoms with Crippen LogP contribution in [-0.2, 0) is 0 Å². The van der Waals surface area contributed by atoms with Gasteiger partial charge in [0.1, 0.15) is 0 Å². The van der Waals surface area contributed by atoms with Gasteiger partial charge in [-0.3, -0.25) is 14.9 Å². The van der Waals surface area contributed by atoms with E-state index in [0.29, 0.717) is 27.5 Å². The molecule has 3 rings (SSSR count). The van der Waals surface area contributed by atoms with Crippen LogP contribution in [0.5, 0.6) is 0 Å². The van der Waals surface area contributed by atoms with Crippen molar-refractivity contribution in [3.63, 3.8) is 0 Å². The van der Waals surface area contributed by atoms with Gasteiger partial charge in [0.25, 0.3) is 11.8 Å². The van der Waals surface area contributed by atoms with E-state index >= 15 is 0 Å². The molecule has 0 fully saturated rings. The summed E-state index contributed by atoms with van der Waals surface area (Å²) in [6.45, 7) is 1.89. The van der Waals surface area contributed by atoms with E-state index in [1.165, 1.54) is 0 Å². The molecule has 5 nitrogen and oxygen atoms in total. The molecular weight excluding hydrogens is 406 g/mol. The molecule has 0 heterocycles. The molecule has 7 heteroatoms. The highest BCUT2D eigenvalue weighted by Crippen LogP contribution is 2.17. The Balaban J connectivity index is 1.58. The predicted molar refractivity (Wildman–Crippen MR) is 121 cm³/mol. The largest absolute Gasteiger partial charge is 0.332 e. The van der Waals surface area contributed by atoms with Crippen LogP contribution in [0.2, 0.25) is 5.02 Å². The van der Waals surface area contributed by atoms with Gasteiger partial charge < -0.3 is 10.6 Å². The Hall–Kier alpha value is -3.22. The normalized spacial score (nSPS) is 10.1. The number of hydrogen-bond donors (Lipinski definition) is 3. The van der Waals surface area contributed by atoms with Gasteiger partial charge in [0.05, 0.1) is 10.6 Å². The van der Waals surface area contributed by atoms with Crippen LogP contribution >= 0.6 is 23.8 Å². The smallest absolute Gasteiger partial charge is 0.258 e. The van der Waals surface area contributed by atoms with Crippen LogP contribution in [0.1, 0.15) is 26.3 Å². The van der Waals surface area contributed by atoms with Crippen LogP contribution in [-0.4, -0.2) is 16.9 Å². The fourth-order valence-corrected chi connectivity index (χ4v) is 3.07. The minimum Gasteiger partial charge on any atom is -0.332 e. The zero-order chi connectivity index (χ0) is 20.8. The van der Waals surface area contributed by atoms with Gasteiger partial charge in [0.15, 0.2) is 5.11 Å². The van der Waals surface area contributed by atoms with Crippen LogP contribution < -0.4 is 16.0 Å². The third kappa shape index (κ3) is 5.40. The van der Waals surface area contributed by atoms with Crippen molar-refractivity contribution in [1.29, 1.82) is 0 Å². The van der Waals surface area contributed by atoms with Crippen molar-refractivity contribution < 1.29 is 9.59 Å². The van der Waals surface area contributed by atoms with Gasteiger partial charge in [0, 0.05) is 16.9 Å². The summed E-state index contributed by atoms with van der Waals surface area (Å²) in [5.74, 6) is -0.568. The van der Waals surface area contributed by atoms with E-state index < -0.39 is 5.91 Å². The second-order valence-corrected chi connectivity index (χ2v) is 7.05. The Bertz CT molecular complexity index is 1070. The first-order valence-electron chi connectivity index (χ1n) is 8.78. The van der Waals surface area contributed by atoms with Gasteiger partial charge >= 0.3 is 0 Å². The van der Waals surface area contributed by atoms with Crippen molar-refractivity contribution in [3.05, 3.63) is 94.5 Å². The summed E-state index contributed by atoms with van der Waals surface area (Å²) in [5, 5.41) is 8.86. The Morgan fingerprint density at radius 2 is 1.31 bits per heavy atom. The summed E-state index contributed by atoms with van der Waals surface area (Å²) < 4.78 is 0. The maximum absolute atomic E-state index is 12.4. The molecule has 2 amide bonds. The van der Waals surface area contributed by atoms with E-state index in [0.717, 1.165) is 5.56 Å². The van der Waals surface area contributed by atoms with Crippen molar-refractivity contribution in [2.45, 2.75) is 6.92 Å².